The van der Waals surface area contributed by atoms with Crippen LogP contribution in [0.2, 0.25) is 5.15 Å². The highest BCUT2D eigenvalue weighted by molar-refractivity contribution is 6.32. The third-order valence-electron chi connectivity index (χ3n) is 5.65. The quantitative estimate of drug-likeness (QED) is 0.550. The molecule has 0 spiro atoms. The molecule has 1 fully saturated rings. The highest BCUT2D eigenvalue weighted by Gasteiger charge is 2.21. The number of fused-ring (bicyclic) bond motifs is 1. The Labute approximate surface area is 186 Å². The number of nitrogens with zero attached hydrogens (tertiary/aromatic N) is 6. The van der Waals surface area contributed by atoms with Gasteiger partial charge in [-0.05, 0) is 43.9 Å². The molecule has 31 heavy (non-hydrogen) atoms. The molecule has 0 saturated carbocycles. The number of benzene rings is 1. The molecule has 0 amide bonds. The normalized spacial score (nSPS) is 16.7. The monoisotopic (exact) mass is 434 g/mol. The molecule has 2 aromatic heterocycles. The zero-order valence-electron chi connectivity index (χ0n) is 17.2. The summed E-state index contributed by atoms with van der Waals surface area (Å²) in [6.07, 6.45) is 7.29. The standard InChI is InChI=1S/C23H23ClN6O/c24-21-20(19-6-4-17(15-26)5-7-19)28-23(22-27-10-13-30(21)22)31-14-8-18-3-1-11-29(16-18)12-2-9-25/h4-7,10,13,18H,1-3,8,11-12,14,16H2/t18-/m1/s1. The van der Waals surface area contributed by atoms with Gasteiger partial charge >= 0.3 is 0 Å². The molecule has 0 radical (unpaired) electrons. The second-order valence-corrected chi connectivity index (χ2v) is 8.08. The number of rotatable bonds is 7. The first-order valence-electron chi connectivity index (χ1n) is 10.4. The van der Waals surface area contributed by atoms with E-state index in [1.165, 1.54) is 6.42 Å². The average Bonchev–Trinajstić information content (AvgIpc) is 3.30. The van der Waals surface area contributed by atoms with E-state index >= 15 is 0 Å². The SMILES string of the molecule is N#CCCN1CCC[C@H](CCOc2nc(-c3ccc(C#N)cc3)c(Cl)n3ccnc23)C1. The smallest absolute Gasteiger partial charge is 0.259 e. The number of halogens is 1. The topological polar surface area (TPSA) is 90.2 Å². The summed E-state index contributed by atoms with van der Waals surface area (Å²) in [4.78, 5) is 11.4. The Morgan fingerprint density at radius 3 is 2.84 bits per heavy atom. The number of imidazole rings is 1. The number of aromatic nitrogens is 3. The van der Waals surface area contributed by atoms with Gasteiger partial charge in [0.2, 0.25) is 5.65 Å². The first kappa shape index (κ1) is 21.1. The van der Waals surface area contributed by atoms with Crippen molar-refractivity contribution in [3.05, 3.63) is 47.4 Å². The van der Waals surface area contributed by atoms with Crippen LogP contribution in [-0.2, 0) is 0 Å². The Kier molecular flexibility index (Phi) is 6.66. The van der Waals surface area contributed by atoms with E-state index < -0.39 is 0 Å². The molecule has 3 heterocycles. The number of nitriles is 2. The van der Waals surface area contributed by atoms with Crippen molar-refractivity contribution in [2.75, 3.05) is 26.2 Å². The number of piperidine rings is 1. The molecular formula is C23H23ClN6O. The van der Waals surface area contributed by atoms with Crippen molar-refractivity contribution in [2.45, 2.75) is 25.7 Å². The van der Waals surface area contributed by atoms with Gasteiger partial charge in [-0.15, -0.1) is 0 Å². The van der Waals surface area contributed by atoms with Crippen molar-refractivity contribution >= 4 is 17.2 Å². The van der Waals surface area contributed by atoms with Crippen molar-refractivity contribution in [2.24, 2.45) is 5.92 Å². The van der Waals surface area contributed by atoms with Gasteiger partial charge in [0.25, 0.3) is 5.88 Å². The van der Waals surface area contributed by atoms with Gasteiger partial charge in [-0.1, -0.05) is 23.7 Å². The largest absolute Gasteiger partial charge is 0.475 e. The lowest BCUT2D eigenvalue weighted by atomic mass is 9.95. The zero-order valence-corrected chi connectivity index (χ0v) is 17.9. The van der Waals surface area contributed by atoms with E-state index in [2.05, 4.69) is 27.0 Å². The summed E-state index contributed by atoms with van der Waals surface area (Å²) in [6.45, 7) is 3.46. The van der Waals surface area contributed by atoms with Crippen molar-refractivity contribution in [1.82, 2.24) is 19.3 Å². The first-order valence-corrected chi connectivity index (χ1v) is 10.8. The molecule has 1 aromatic carbocycles. The molecule has 7 nitrogen and oxygen atoms in total. The highest BCUT2D eigenvalue weighted by Crippen LogP contribution is 2.31. The lowest BCUT2D eigenvalue weighted by molar-refractivity contribution is 0.154. The van der Waals surface area contributed by atoms with Gasteiger partial charge in [-0.25, -0.2) is 9.97 Å². The predicted octanol–water partition coefficient (Wildman–Crippen LogP) is 4.32. The summed E-state index contributed by atoms with van der Waals surface area (Å²) >= 11 is 6.59. The van der Waals surface area contributed by atoms with Gasteiger partial charge in [0, 0.05) is 37.5 Å². The molecular weight excluding hydrogens is 412 g/mol. The summed E-state index contributed by atoms with van der Waals surface area (Å²) in [6, 6.07) is 11.5. The van der Waals surface area contributed by atoms with Crippen LogP contribution >= 0.6 is 11.6 Å². The van der Waals surface area contributed by atoms with Crippen LogP contribution in [0.5, 0.6) is 5.88 Å². The molecule has 1 aliphatic heterocycles. The summed E-state index contributed by atoms with van der Waals surface area (Å²) in [5.41, 5.74) is 2.56. The molecule has 8 heteroatoms. The minimum Gasteiger partial charge on any atom is -0.475 e. The minimum atomic E-state index is 0.449. The van der Waals surface area contributed by atoms with Crippen LogP contribution in [0.25, 0.3) is 16.9 Å². The van der Waals surface area contributed by atoms with E-state index in [1.54, 1.807) is 28.9 Å². The van der Waals surface area contributed by atoms with Crippen molar-refractivity contribution in [3.8, 4) is 29.3 Å². The van der Waals surface area contributed by atoms with Gasteiger partial charge in [0.05, 0.1) is 24.3 Å². The maximum absolute atomic E-state index is 9.03. The molecule has 158 valence electrons. The number of hydrogen-bond donors (Lipinski definition) is 0. The number of likely N-dealkylation sites (tertiary alicyclic amines) is 1. The predicted molar refractivity (Wildman–Crippen MR) is 118 cm³/mol. The van der Waals surface area contributed by atoms with Crippen LogP contribution in [-0.4, -0.2) is 45.5 Å². The van der Waals surface area contributed by atoms with Gasteiger partial charge in [0.15, 0.2) is 0 Å². The van der Waals surface area contributed by atoms with Crippen LogP contribution in [0.1, 0.15) is 31.2 Å². The fourth-order valence-corrected chi connectivity index (χ4v) is 4.32. The van der Waals surface area contributed by atoms with Crippen molar-refractivity contribution in [1.29, 1.82) is 10.5 Å². The lowest BCUT2D eigenvalue weighted by Crippen LogP contribution is -2.36. The van der Waals surface area contributed by atoms with Crippen LogP contribution in [0.3, 0.4) is 0 Å². The summed E-state index contributed by atoms with van der Waals surface area (Å²) in [5, 5.41) is 18.3. The Morgan fingerprint density at radius 2 is 2.06 bits per heavy atom. The van der Waals surface area contributed by atoms with Gasteiger partial charge in [-0.2, -0.15) is 10.5 Å². The first-order chi connectivity index (χ1) is 15.2. The number of ether oxygens (including phenoxy) is 1. The lowest BCUT2D eigenvalue weighted by Gasteiger charge is -2.32. The molecule has 0 unspecified atom stereocenters. The van der Waals surface area contributed by atoms with Gasteiger partial charge < -0.3 is 9.64 Å². The molecule has 1 atom stereocenters. The minimum absolute atomic E-state index is 0.449. The van der Waals surface area contributed by atoms with Crippen LogP contribution in [0, 0.1) is 28.6 Å². The van der Waals surface area contributed by atoms with Crippen molar-refractivity contribution < 1.29 is 4.74 Å². The average molecular weight is 435 g/mol. The maximum Gasteiger partial charge on any atom is 0.259 e. The zero-order chi connectivity index (χ0) is 21.6. The highest BCUT2D eigenvalue weighted by atomic mass is 35.5. The van der Waals surface area contributed by atoms with Gasteiger partial charge in [-0.3, -0.25) is 4.40 Å². The van der Waals surface area contributed by atoms with Crippen molar-refractivity contribution in [3.63, 3.8) is 0 Å². The fraction of sp³-hybridized carbons (Fsp3) is 0.391. The number of hydrogen-bond acceptors (Lipinski definition) is 6. The van der Waals surface area contributed by atoms with Crippen LogP contribution in [0.15, 0.2) is 36.7 Å². The van der Waals surface area contributed by atoms with Gasteiger partial charge in [0.1, 0.15) is 10.8 Å². The Hall–Kier alpha value is -3.13. The fourth-order valence-electron chi connectivity index (χ4n) is 4.04. The van der Waals surface area contributed by atoms with E-state index in [-0.39, 0.29) is 0 Å². The Balaban J connectivity index is 1.49. The molecule has 4 rings (SSSR count). The maximum atomic E-state index is 9.03. The van der Waals surface area contributed by atoms with E-state index in [1.807, 2.05) is 12.1 Å². The summed E-state index contributed by atoms with van der Waals surface area (Å²) in [7, 11) is 0. The Morgan fingerprint density at radius 1 is 1.23 bits per heavy atom. The second kappa shape index (κ2) is 9.78. The van der Waals surface area contributed by atoms with E-state index in [0.717, 1.165) is 38.0 Å². The third kappa shape index (κ3) is 4.80. The molecule has 0 aliphatic carbocycles. The molecule has 1 saturated heterocycles. The summed E-state index contributed by atoms with van der Waals surface area (Å²) in [5.74, 6) is 0.999. The van der Waals surface area contributed by atoms with E-state index in [4.69, 9.17) is 26.9 Å². The molecule has 0 bridgehead atoms. The van der Waals surface area contributed by atoms with E-state index in [0.29, 0.717) is 46.9 Å². The summed E-state index contributed by atoms with van der Waals surface area (Å²) < 4.78 is 7.85. The molecule has 0 N–H and O–H groups in total. The third-order valence-corrected chi connectivity index (χ3v) is 6.01. The van der Waals surface area contributed by atoms with Crippen LogP contribution < -0.4 is 4.74 Å². The molecule has 3 aromatic rings. The van der Waals surface area contributed by atoms with Crippen LogP contribution in [0.4, 0.5) is 0 Å². The Bertz CT molecular complexity index is 1130. The molecule has 1 aliphatic rings. The second-order valence-electron chi connectivity index (χ2n) is 7.72. The van der Waals surface area contributed by atoms with E-state index in [9.17, 15) is 0 Å².